The third-order valence-electron chi connectivity index (χ3n) is 0.490. The Bertz CT molecular complexity index is 103. The molecule has 0 aliphatic carbocycles. The Morgan fingerprint density at radius 3 is 2.71 bits per heavy atom. The van der Waals surface area contributed by atoms with Gasteiger partial charge in [0.15, 0.2) is 0 Å². The fourth-order valence-corrected chi connectivity index (χ4v) is 0.127. The quantitative estimate of drug-likeness (QED) is 0.300. The first-order valence-electron chi connectivity index (χ1n) is 1.94. The minimum atomic E-state index is 0.0162. The number of hydrogen-bond donors (Lipinski definition) is 1. The van der Waals surface area contributed by atoms with Crippen LogP contribution in [0.25, 0.3) is 0 Å². The molecule has 0 saturated heterocycles. The predicted molar refractivity (Wildman–Crippen MR) is 24.7 cm³/mol. The summed E-state index contributed by atoms with van der Waals surface area (Å²) in [5.41, 5.74) is 0. The zero-order chi connectivity index (χ0) is 5.70. The summed E-state index contributed by atoms with van der Waals surface area (Å²) in [5.74, 6) is 0.0162. The summed E-state index contributed by atoms with van der Waals surface area (Å²) in [6.07, 6.45) is 1.87. The molecule has 0 aromatic rings. The van der Waals surface area contributed by atoms with E-state index in [9.17, 15) is 0 Å². The maximum atomic E-state index is 7.75. The molecule has 3 heteroatoms. The normalized spacial score (nSPS) is 6.86. The lowest BCUT2D eigenvalue weighted by Gasteiger charge is -1.87. The van der Waals surface area contributed by atoms with Crippen molar-refractivity contribution in [3.63, 3.8) is 0 Å². The van der Waals surface area contributed by atoms with Gasteiger partial charge in [-0.25, -0.2) is 0 Å². The Morgan fingerprint density at radius 2 is 2.57 bits per heavy atom. The van der Waals surface area contributed by atoms with Crippen molar-refractivity contribution in [2.45, 2.75) is 13.3 Å². The summed E-state index contributed by atoms with van der Waals surface area (Å²) >= 11 is 0. The monoisotopic (exact) mass is 98.0 g/mol. The average Bonchev–Trinajstić information content (AvgIpc) is 1.68. The molecule has 0 heterocycles. The third kappa shape index (κ3) is 2.77. The van der Waals surface area contributed by atoms with E-state index in [0.717, 1.165) is 0 Å². The average molecular weight is 98.1 g/mol. The van der Waals surface area contributed by atoms with Crippen molar-refractivity contribution < 1.29 is 4.74 Å². The van der Waals surface area contributed by atoms with Gasteiger partial charge < -0.3 is 4.74 Å². The molecule has 38 valence electrons. The Labute approximate surface area is 42.0 Å². The number of rotatable bonds is 1. The first-order chi connectivity index (χ1) is 3.31. The molecule has 0 aromatic carbocycles. The van der Waals surface area contributed by atoms with Crippen LogP contribution in [0.2, 0.25) is 0 Å². The van der Waals surface area contributed by atoms with Crippen molar-refractivity contribution in [3.8, 4) is 6.26 Å². The number of hydrogen-bond acceptors (Lipinski definition) is 3. The number of nitriles is 1. The first kappa shape index (κ1) is 5.96. The second kappa shape index (κ2) is 3.16. The largest absolute Gasteiger partial charge is 0.373 e. The topological polar surface area (TPSA) is 56.9 Å². The molecule has 0 aliphatic rings. The van der Waals surface area contributed by atoms with Crippen molar-refractivity contribution in [2.24, 2.45) is 0 Å². The second-order valence-corrected chi connectivity index (χ2v) is 0.970. The van der Waals surface area contributed by atoms with E-state index in [1.165, 1.54) is 6.26 Å². The highest BCUT2D eigenvalue weighted by molar-refractivity contribution is 5.72. The third-order valence-corrected chi connectivity index (χ3v) is 0.490. The zero-order valence-corrected chi connectivity index (χ0v) is 4.06. The van der Waals surface area contributed by atoms with E-state index in [-0.39, 0.29) is 5.90 Å². The van der Waals surface area contributed by atoms with Crippen molar-refractivity contribution in [3.05, 3.63) is 0 Å². The van der Waals surface area contributed by atoms with Gasteiger partial charge in [0.2, 0.25) is 5.90 Å². The van der Waals surface area contributed by atoms with Crippen LogP contribution in [0.5, 0.6) is 0 Å². The van der Waals surface area contributed by atoms with Gasteiger partial charge in [0.1, 0.15) is 0 Å². The minimum absolute atomic E-state index is 0.0162. The lowest BCUT2D eigenvalue weighted by molar-refractivity contribution is 0.480. The lowest BCUT2D eigenvalue weighted by Crippen LogP contribution is -1.93. The molecule has 0 saturated carbocycles. The maximum absolute atomic E-state index is 7.75. The van der Waals surface area contributed by atoms with Crippen LogP contribution in [-0.2, 0) is 4.74 Å². The maximum Gasteiger partial charge on any atom is 0.293 e. The van der Waals surface area contributed by atoms with Gasteiger partial charge in [-0.05, 0) is 0 Å². The highest BCUT2D eigenvalue weighted by atomic mass is 16.5. The van der Waals surface area contributed by atoms with Crippen LogP contribution in [-0.4, -0.2) is 5.90 Å². The molecule has 0 aliphatic heterocycles. The highest BCUT2D eigenvalue weighted by Gasteiger charge is 1.86. The molecule has 3 nitrogen and oxygen atoms in total. The van der Waals surface area contributed by atoms with Gasteiger partial charge in [-0.3, -0.25) is 5.41 Å². The molecule has 0 amide bonds. The Hall–Kier alpha value is -1.04. The van der Waals surface area contributed by atoms with Crippen LogP contribution in [0.4, 0.5) is 0 Å². The fraction of sp³-hybridized carbons (Fsp3) is 0.500. The summed E-state index contributed by atoms with van der Waals surface area (Å²) in [5, 5.41) is 14.4. The lowest BCUT2D eigenvalue weighted by atomic mass is 10.5. The summed E-state index contributed by atoms with van der Waals surface area (Å²) in [6.45, 7) is 1.75. The molecule has 0 atom stereocenters. The predicted octanol–water partition coefficient (Wildman–Crippen LogP) is 0.871. The van der Waals surface area contributed by atoms with Crippen LogP contribution >= 0.6 is 0 Å². The van der Waals surface area contributed by atoms with Crippen LogP contribution < -0.4 is 0 Å². The van der Waals surface area contributed by atoms with Gasteiger partial charge in [-0.15, -0.1) is 5.26 Å². The molecule has 0 spiro atoms. The minimum Gasteiger partial charge on any atom is -0.373 e. The molecule has 0 aromatic heterocycles. The van der Waals surface area contributed by atoms with Crippen molar-refractivity contribution >= 4 is 5.90 Å². The fourth-order valence-electron chi connectivity index (χ4n) is 0.127. The molecule has 0 fully saturated rings. The van der Waals surface area contributed by atoms with E-state index < -0.39 is 0 Å². The number of nitrogens with zero attached hydrogens (tertiary/aromatic N) is 1. The van der Waals surface area contributed by atoms with Crippen molar-refractivity contribution in [2.75, 3.05) is 0 Å². The second-order valence-electron chi connectivity index (χ2n) is 0.970. The molecule has 1 N–H and O–H groups in total. The zero-order valence-electron chi connectivity index (χ0n) is 4.06. The van der Waals surface area contributed by atoms with Crippen LogP contribution in [0.15, 0.2) is 0 Å². The first-order valence-corrected chi connectivity index (χ1v) is 1.94. The molecule has 0 radical (unpaired) electrons. The SMILES string of the molecule is CCC(=N)OC#N. The van der Waals surface area contributed by atoms with Gasteiger partial charge in [-0.2, -0.15) is 0 Å². The van der Waals surface area contributed by atoms with Gasteiger partial charge in [0.05, 0.1) is 0 Å². The highest BCUT2D eigenvalue weighted by Crippen LogP contribution is 1.79. The number of ether oxygens (including phenoxy) is 1. The van der Waals surface area contributed by atoms with E-state index in [1.54, 1.807) is 6.92 Å². The summed E-state index contributed by atoms with van der Waals surface area (Å²) < 4.78 is 4.08. The molecule has 7 heavy (non-hydrogen) atoms. The standard InChI is InChI=1S/C4H6N2O/c1-2-4(6)7-3-5/h6H,2H2,1H3. The van der Waals surface area contributed by atoms with Crippen molar-refractivity contribution in [1.29, 1.82) is 10.7 Å². The Morgan fingerprint density at radius 1 is 2.00 bits per heavy atom. The van der Waals surface area contributed by atoms with Gasteiger partial charge >= 0.3 is 0 Å². The van der Waals surface area contributed by atoms with Crippen LogP contribution in [0, 0.1) is 16.9 Å². The summed E-state index contributed by atoms with van der Waals surface area (Å²) in [6, 6.07) is 0. The van der Waals surface area contributed by atoms with E-state index >= 15 is 0 Å². The van der Waals surface area contributed by atoms with Crippen LogP contribution in [0.3, 0.4) is 0 Å². The van der Waals surface area contributed by atoms with E-state index in [4.69, 9.17) is 10.7 Å². The molecular formula is C4H6N2O. The van der Waals surface area contributed by atoms with Crippen molar-refractivity contribution in [1.82, 2.24) is 0 Å². The van der Waals surface area contributed by atoms with Gasteiger partial charge in [0.25, 0.3) is 6.26 Å². The smallest absolute Gasteiger partial charge is 0.293 e. The molecule has 0 unspecified atom stereocenters. The summed E-state index contributed by atoms with van der Waals surface area (Å²) in [4.78, 5) is 0. The summed E-state index contributed by atoms with van der Waals surface area (Å²) in [7, 11) is 0. The van der Waals surface area contributed by atoms with Gasteiger partial charge in [-0.1, -0.05) is 6.92 Å². The van der Waals surface area contributed by atoms with E-state index in [0.29, 0.717) is 6.42 Å². The molecule has 0 rings (SSSR count). The molecule has 0 bridgehead atoms. The van der Waals surface area contributed by atoms with Crippen LogP contribution in [0.1, 0.15) is 13.3 Å². The Balaban J connectivity index is 3.23. The van der Waals surface area contributed by atoms with Gasteiger partial charge in [0, 0.05) is 6.42 Å². The number of nitrogens with one attached hydrogen (secondary N) is 1. The van der Waals surface area contributed by atoms with E-state index in [1.807, 2.05) is 0 Å². The van der Waals surface area contributed by atoms with E-state index in [2.05, 4.69) is 4.74 Å². The molecular weight excluding hydrogens is 92.1 g/mol. The Kier molecular flexibility index (Phi) is 2.69.